The number of likely N-dealkylation sites (tertiary alicyclic amines) is 1. The first-order valence-electron chi connectivity index (χ1n) is 10.3. The molecule has 0 unspecified atom stereocenters. The lowest BCUT2D eigenvalue weighted by Gasteiger charge is -2.31. The quantitative estimate of drug-likeness (QED) is 0.448. The van der Waals surface area contributed by atoms with Crippen LogP contribution in [-0.2, 0) is 4.79 Å². The van der Waals surface area contributed by atoms with E-state index >= 15 is 0 Å². The van der Waals surface area contributed by atoms with Crippen LogP contribution in [0.1, 0.15) is 23.2 Å². The normalized spacial score (nSPS) is 14.6. The van der Waals surface area contributed by atoms with Crippen LogP contribution < -0.4 is 5.32 Å². The van der Waals surface area contributed by atoms with Crippen molar-refractivity contribution >= 4 is 50.4 Å². The maximum Gasteiger partial charge on any atom is 0.254 e. The Kier molecular flexibility index (Phi) is 5.53. The average Bonchev–Trinajstić information content (AvgIpc) is 3.50. The summed E-state index contributed by atoms with van der Waals surface area (Å²) in [5.74, 6) is -0.0776. The maximum absolute atomic E-state index is 13.1. The molecule has 0 aliphatic carbocycles. The predicted octanol–water partition coefficient (Wildman–Crippen LogP) is 5.52. The van der Waals surface area contributed by atoms with Crippen LogP contribution in [0.3, 0.4) is 0 Å². The van der Waals surface area contributed by atoms with Crippen molar-refractivity contribution < 1.29 is 9.59 Å². The van der Waals surface area contributed by atoms with Gasteiger partial charge in [0.2, 0.25) is 5.91 Å². The Hall–Kier alpha value is -3.03. The minimum absolute atomic E-state index is 0.00987. The Morgan fingerprint density at radius 3 is 2.58 bits per heavy atom. The highest BCUT2D eigenvalue weighted by atomic mass is 32.1. The fraction of sp³-hybridized carbons (Fsp3) is 0.208. The van der Waals surface area contributed by atoms with Gasteiger partial charge in [-0.05, 0) is 41.1 Å². The molecule has 2 amide bonds. The fourth-order valence-electron chi connectivity index (χ4n) is 4.00. The molecule has 0 spiro atoms. The molecule has 0 bridgehead atoms. The number of piperidine rings is 1. The zero-order valence-corrected chi connectivity index (χ0v) is 18.4. The number of benzene rings is 2. The number of amides is 2. The minimum atomic E-state index is -0.106. The standard InChI is InChI=1S/C24H21N3O2S2/c28-22(26-24-25-20(15-31-24)21-9-4-14-30-21)17-10-12-27(13-11-17)23(29)19-8-3-6-16-5-1-2-7-18(16)19/h1-9,14-15,17H,10-13H2,(H,25,26,28). The summed E-state index contributed by atoms with van der Waals surface area (Å²) < 4.78 is 0. The molecule has 2 aromatic heterocycles. The molecule has 4 aromatic rings. The molecule has 156 valence electrons. The van der Waals surface area contributed by atoms with E-state index in [0.717, 1.165) is 26.9 Å². The highest BCUT2D eigenvalue weighted by Crippen LogP contribution is 2.29. The predicted molar refractivity (Wildman–Crippen MR) is 127 cm³/mol. The van der Waals surface area contributed by atoms with Gasteiger partial charge >= 0.3 is 0 Å². The van der Waals surface area contributed by atoms with E-state index in [1.165, 1.54) is 11.3 Å². The van der Waals surface area contributed by atoms with Gasteiger partial charge in [-0.1, -0.05) is 42.5 Å². The van der Waals surface area contributed by atoms with Crippen molar-refractivity contribution in [3.8, 4) is 10.6 Å². The SMILES string of the molecule is O=C(Nc1nc(-c2cccs2)cs1)C1CCN(C(=O)c2cccc3ccccc23)CC1. The van der Waals surface area contributed by atoms with Gasteiger partial charge in [0.1, 0.15) is 0 Å². The maximum atomic E-state index is 13.1. The van der Waals surface area contributed by atoms with Crippen LogP contribution in [0.4, 0.5) is 5.13 Å². The van der Waals surface area contributed by atoms with E-state index in [1.807, 2.05) is 70.3 Å². The summed E-state index contributed by atoms with van der Waals surface area (Å²) in [5, 5.41) is 9.61. The van der Waals surface area contributed by atoms with E-state index in [2.05, 4.69) is 10.3 Å². The largest absolute Gasteiger partial charge is 0.339 e. The lowest BCUT2D eigenvalue weighted by Crippen LogP contribution is -2.41. The highest BCUT2D eigenvalue weighted by molar-refractivity contribution is 7.16. The van der Waals surface area contributed by atoms with Crippen LogP contribution in [-0.4, -0.2) is 34.8 Å². The average molecular weight is 448 g/mol. The zero-order valence-electron chi connectivity index (χ0n) is 16.8. The Labute approximate surface area is 188 Å². The number of anilines is 1. The van der Waals surface area contributed by atoms with Crippen molar-refractivity contribution in [2.24, 2.45) is 5.92 Å². The third-order valence-electron chi connectivity index (χ3n) is 5.68. The molecular weight excluding hydrogens is 426 g/mol. The molecule has 2 aromatic carbocycles. The molecule has 1 fully saturated rings. The third kappa shape index (κ3) is 4.11. The van der Waals surface area contributed by atoms with Crippen molar-refractivity contribution in [1.82, 2.24) is 9.88 Å². The third-order valence-corrected chi connectivity index (χ3v) is 7.33. The first-order chi connectivity index (χ1) is 15.2. The fourth-order valence-corrected chi connectivity index (χ4v) is 5.48. The number of hydrogen-bond donors (Lipinski definition) is 1. The minimum Gasteiger partial charge on any atom is -0.339 e. The smallest absolute Gasteiger partial charge is 0.254 e. The van der Waals surface area contributed by atoms with E-state index in [-0.39, 0.29) is 17.7 Å². The summed E-state index contributed by atoms with van der Waals surface area (Å²) in [6.45, 7) is 1.16. The lowest BCUT2D eigenvalue weighted by molar-refractivity contribution is -0.121. The van der Waals surface area contributed by atoms with Crippen LogP contribution in [0, 0.1) is 5.92 Å². The molecule has 31 heavy (non-hydrogen) atoms. The number of thiophene rings is 1. The van der Waals surface area contributed by atoms with Crippen LogP contribution in [0.5, 0.6) is 0 Å². The van der Waals surface area contributed by atoms with Crippen LogP contribution >= 0.6 is 22.7 Å². The van der Waals surface area contributed by atoms with Crippen LogP contribution in [0.15, 0.2) is 65.4 Å². The molecule has 5 rings (SSSR count). The van der Waals surface area contributed by atoms with Gasteiger partial charge in [-0.2, -0.15) is 0 Å². The van der Waals surface area contributed by atoms with Gasteiger partial charge in [-0.15, -0.1) is 22.7 Å². The Morgan fingerprint density at radius 1 is 0.968 bits per heavy atom. The number of nitrogens with zero attached hydrogens (tertiary/aromatic N) is 2. The van der Waals surface area contributed by atoms with Gasteiger partial charge in [-0.3, -0.25) is 9.59 Å². The highest BCUT2D eigenvalue weighted by Gasteiger charge is 2.28. The summed E-state index contributed by atoms with van der Waals surface area (Å²) in [4.78, 5) is 33.3. The van der Waals surface area contributed by atoms with Crippen LogP contribution in [0.25, 0.3) is 21.3 Å². The van der Waals surface area contributed by atoms with Crippen LogP contribution in [0.2, 0.25) is 0 Å². The molecule has 1 N–H and O–H groups in total. The molecule has 1 aliphatic rings. The molecular formula is C24H21N3O2S2. The van der Waals surface area contributed by atoms with Gasteiger partial charge in [-0.25, -0.2) is 4.98 Å². The summed E-state index contributed by atoms with van der Waals surface area (Å²) in [6, 6.07) is 17.8. The van der Waals surface area contributed by atoms with Gasteiger partial charge in [0, 0.05) is 30.0 Å². The first-order valence-corrected chi connectivity index (χ1v) is 12.0. The van der Waals surface area contributed by atoms with Crippen molar-refractivity contribution in [2.75, 3.05) is 18.4 Å². The first kappa shape index (κ1) is 19.9. The second-order valence-electron chi connectivity index (χ2n) is 7.60. The summed E-state index contributed by atoms with van der Waals surface area (Å²) in [7, 11) is 0. The molecule has 1 saturated heterocycles. The van der Waals surface area contributed by atoms with Crippen molar-refractivity contribution in [1.29, 1.82) is 0 Å². The summed E-state index contributed by atoms with van der Waals surface area (Å²) >= 11 is 3.07. The molecule has 7 heteroatoms. The van der Waals surface area contributed by atoms with E-state index in [0.29, 0.717) is 31.1 Å². The van der Waals surface area contributed by atoms with Crippen molar-refractivity contribution in [2.45, 2.75) is 12.8 Å². The number of hydrogen-bond acceptors (Lipinski definition) is 5. The van der Waals surface area contributed by atoms with E-state index in [1.54, 1.807) is 11.3 Å². The van der Waals surface area contributed by atoms with E-state index in [9.17, 15) is 9.59 Å². The number of carbonyl (C=O) groups is 2. The number of aromatic nitrogens is 1. The van der Waals surface area contributed by atoms with Gasteiger partial charge in [0.15, 0.2) is 5.13 Å². The van der Waals surface area contributed by atoms with Crippen molar-refractivity contribution in [3.63, 3.8) is 0 Å². The molecule has 3 heterocycles. The van der Waals surface area contributed by atoms with Gasteiger partial charge < -0.3 is 10.2 Å². The van der Waals surface area contributed by atoms with Gasteiger partial charge in [0.05, 0.1) is 10.6 Å². The molecule has 0 saturated carbocycles. The second kappa shape index (κ2) is 8.61. The Morgan fingerprint density at radius 2 is 1.77 bits per heavy atom. The monoisotopic (exact) mass is 447 g/mol. The number of thiazole rings is 1. The number of fused-ring (bicyclic) bond motifs is 1. The summed E-state index contributed by atoms with van der Waals surface area (Å²) in [5.41, 5.74) is 1.62. The lowest BCUT2D eigenvalue weighted by atomic mass is 9.95. The molecule has 5 nitrogen and oxygen atoms in total. The van der Waals surface area contributed by atoms with E-state index < -0.39 is 0 Å². The topological polar surface area (TPSA) is 62.3 Å². The Balaban J connectivity index is 1.21. The van der Waals surface area contributed by atoms with E-state index in [4.69, 9.17) is 0 Å². The second-order valence-corrected chi connectivity index (χ2v) is 9.40. The summed E-state index contributed by atoms with van der Waals surface area (Å²) in [6.07, 6.45) is 1.32. The molecule has 0 radical (unpaired) electrons. The Bertz CT molecular complexity index is 1220. The number of rotatable bonds is 4. The molecule has 0 atom stereocenters. The van der Waals surface area contributed by atoms with Crippen molar-refractivity contribution in [3.05, 3.63) is 70.9 Å². The number of carbonyl (C=O) groups excluding carboxylic acids is 2. The molecule has 1 aliphatic heterocycles. The zero-order chi connectivity index (χ0) is 21.2. The number of nitrogens with one attached hydrogen (secondary N) is 1. The van der Waals surface area contributed by atoms with Gasteiger partial charge in [0.25, 0.3) is 5.91 Å².